The minimum absolute atomic E-state index is 0.135. The molecule has 0 aromatic heterocycles. The van der Waals surface area contributed by atoms with Crippen molar-refractivity contribution in [3.8, 4) is 0 Å². The predicted octanol–water partition coefficient (Wildman–Crippen LogP) is 0.366. The lowest BCUT2D eigenvalue weighted by atomic mass is 10.1. The number of nitrogens with zero attached hydrogens (tertiary/aromatic N) is 2. The van der Waals surface area contributed by atoms with Crippen LogP contribution < -0.4 is 10.2 Å². The smallest absolute Gasteiger partial charge is 0.239 e. The zero-order valence-corrected chi connectivity index (χ0v) is 12.5. The molecule has 0 bridgehead atoms. The van der Waals surface area contributed by atoms with Crippen molar-refractivity contribution in [2.75, 3.05) is 37.6 Å². The second-order valence-electron chi connectivity index (χ2n) is 6.00. The third-order valence-corrected chi connectivity index (χ3v) is 4.36. The SMILES string of the molecule is Cc1cccc(N2CCN(C(=O)[C@H]3C[C@@H](O)CN3)CC2)c1. The molecule has 0 aliphatic carbocycles. The Balaban J connectivity index is 1.56. The molecule has 5 heteroatoms. The van der Waals surface area contributed by atoms with Crippen molar-refractivity contribution in [1.82, 2.24) is 10.2 Å². The molecule has 0 radical (unpaired) electrons. The molecule has 2 heterocycles. The summed E-state index contributed by atoms with van der Waals surface area (Å²) in [7, 11) is 0. The fraction of sp³-hybridized carbons (Fsp3) is 0.562. The summed E-state index contributed by atoms with van der Waals surface area (Å²) in [5.74, 6) is 0.135. The van der Waals surface area contributed by atoms with Gasteiger partial charge in [0.1, 0.15) is 0 Å². The second kappa shape index (κ2) is 6.03. The molecule has 1 aromatic rings. The maximum Gasteiger partial charge on any atom is 0.239 e. The second-order valence-corrected chi connectivity index (χ2v) is 6.00. The van der Waals surface area contributed by atoms with E-state index >= 15 is 0 Å². The number of benzene rings is 1. The van der Waals surface area contributed by atoms with E-state index in [4.69, 9.17) is 0 Å². The van der Waals surface area contributed by atoms with Gasteiger partial charge in [0.2, 0.25) is 5.91 Å². The molecule has 5 nitrogen and oxygen atoms in total. The van der Waals surface area contributed by atoms with Crippen LogP contribution in [0.1, 0.15) is 12.0 Å². The number of anilines is 1. The van der Waals surface area contributed by atoms with Gasteiger partial charge < -0.3 is 20.2 Å². The van der Waals surface area contributed by atoms with Gasteiger partial charge in [-0.15, -0.1) is 0 Å². The van der Waals surface area contributed by atoms with Crippen LogP contribution in [-0.2, 0) is 4.79 Å². The number of aliphatic hydroxyl groups is 1. The number of β-amino-alcohol motifs (C(OH)–C–C–N with tert-alkyl or cyclic N) is 1. The first-order chi connectivity index (χ1) is 10.1. The van der Waals surface area contributed by atoms with Gasteiger partial charge >= 0.3 is 0 Å². The Bertz CT molecular complexity index is 512. The van der Waals surface area contributed by atoms with E-state index in [-0.39, 0.29) is 18.1 Å². The Kier molecular flexibility index (Phi) is 4.12. The molecule has 0 saturated carbocycles. The molecular weight excluding hydrogens is 266 g/mol. The summed E-state index contributed by atoms with van der Waals surface area (Å²) in [6, 6.07) is 8.28. The highest BCUT2D eigenvalue weighted by molar-refractivity contribution is 5.82. The van der Waals surface area contributed by atoms with Crippen LogP contribution in [0.4, 0.5) is 5.69 Å². The van der Waals surface area contributed by atoms with Crippen molar-refractivity contribution in [2.45, 2.75) is 25.5 Å². The zero-order chi connectivity index (χ0) is 14.8. The normalized spacial score (nSPS) is 26.2. The summed E-state index contributed by atoms with van der Waals surface area (Å²) in [6.07, 6.45) is 0.157. The highest BCUT2D eigenvalue weighted by atomic mass is 16.3. The summed E-state index contributed by atoms with van der Waals surface area (Å²) in [5.41, 5.74) is 2.49. The van der Waals surface area contributed by atoms with Gasteiger partial charge in [-0.05, 0) is 31.0 Å². The number of aliphatic hydroxyl groups excluding tert-OH is 1. The lowest BCUT2D eigenvalue weighted by Gasteiger charge is -2.37. The Labute approximate surface area is 125 Å². The number of carbonyl (C=O) groups excluding carboxylic acids is 1. The molecule has 0 unspecified atom stereocenters. The van der Waals surface area contributed by atoms with E-state index in [1.54, 1.807) is 0 Å². The summed E-state index contributed by atoms with van der Waals surface area (Å²) < 4.78 is 0. The van der Waals surface area contributed by atoms with Crippen molar-refractivity contribution in [1.29, 1.82) is 0 Å². The molecule has 2 fully saturated rings. The van der Waals surface area contributed by atoms with E-state index in [0.717, 1.165) is 26.2 Å². The van der Waals surface area contributed by atoms with Gasteiger partial charge in [0.25, 0.3) is 0 Å². The standard InChI is InChI=1S/C16H23N3O2/c1-12-3-2-4-13(9-12)18-5-7-19(8-6-18)16(21)15-10-14(20)11-17-15/h2-4,9,14-15,17,20H,5-8,10-11H2,1H3/t14-,15-/m1/s1. The number of amides is 1. The molecule has 114 valence electrons. The van der Waals surface area contributed by atoms with Crippen LogP contribution >= 0.6 is 0 Å². The van der Waals surface area contributed by atoms with E-state index in [9.17, 15) is 9.90 Å². The summed E-state index contributed by atoms with van der Waals surface area (Å²) >= 11 is 0. The molecule has 2 N–H and O–H groups in total. The number of hydrogen-bond donors (Lipinski definition) is 2. The lowest BCUT2D eigenvalue weighted by molar-refractivity contribution is -0.133. The van der Waals surface area contributed by atoms with Gasteiger partial charge in [-0.2, -0.15) is 0 Å². The highest BCUT2D eigenvalue weighted by Crippen LogP contribution is 2.19. The first-order valence-electron chi connectivity index (χ1n) is 7.65. The quantitative estimate of drug-likeness (QED) is 0.826. The number of piperazine rings is 1. The van der Waals surface area contributed by atoms with Gasteiger partial charge in [-0.25, -0.2) is 0 Å². The number of aryl methyl sites for hydroxylation is 1. The molecule has 3 rings (SSSR count). The third kappa shape index (κ3) is 3.19. The Morgan fingerprint density at radius 2 is 2.05 bits per heavy atom. The van der Waals surface area contributed by atoms with Crippen LogP contribution in [0.15, 0.2) is 24.3 Å². The number of rotatable bonds is 2. The van der Waals surface area contributed by atoms with Crippen LogP contribution in [0.5, 0.6) is 0 Å². The first kappa shape index (κ1) is 14.4. The molecule has 2 saturated heterocycles. The predicted molar refractivity (Wildman–Crippen MR) is 82.4 cm³/mol. The largest absolute Gasteiger partial charge is 0.392 e. The van der Waals surface area contributed by atoms with E-state index in [2.05, 4.69) is 41.4 Å². The summed E-state index contributed by atoms with van der Waals surface area (Å²) in [5, 5.41) is 12.6. The maximum absolute atomic E-state index is 12.4. The van der Waals surface area contributed by atoms with Gasteiger partial charge in [0, 0.05) is 38.4 Å². The average Bonchev–Trinajstić information content (AvgIpc) is 2.93. The van der Waals surface area contributed by atoms with Gasteiger partial charge in [-0.1, -0.05) is 12.1 Å². The van der Waals surface area contributed by atoms with Crippen molar-refractivity contribution in [2.24, 2.45) is 0 Å². The molecule has 2 atom stereocenters. The van der Waals surface area contributed by atoms with Gasteiger partial charge in [0.15, 0.2) is 0 Å². The Morgan fingerprint density at radius 1 is 1.29 bits per heavy atom. The fourth-order valence-corrected chi connectivity index (χ4v) is 3.14. The molecule has 1 amide bonds. The van der Waals surface area contributed by atoms with Gasteiger partial charge in [-0.3, -0.25) is 4.79 Å². The average molecular weight is 289 g/mol. The highest BCUT2D eigenvalue weighted by Gasteiger charge is 2.32. The van der Waals surface area contributed by atoms with Crippen molar-refractivity contribution < 1.29 is 9.90 Å². The maximum atomic E-state index is 12.4. The third-order valence-electron chi connectivity index (χ3n) is 4.36. The molecule has 2 aliphatic rings. The fourth-order valence-electron chi connectivity index (χ4n) is 3.14. The molecule has 1 aromatic carbocycles. The van der Waals surface area contributed by atoms with Crippen molar-refractivity contribution in [3.05, 3.63) is 29.8 Å². The molecule has 21 heavy (non-hydrogen) atoms. The number of hydrogen-bond acceptors (Lipinski definition) is 4. The topological polar surface area (TPSA) is 55.8 Å². The van der Waals surface area contributed by atoms with Crippen molar-refractivity contribution in [3.63, 3.8) is 0 Å². The van der Waals surface area contributed by atoms with E-state index in [0.29, 0.717) is 13.0 Å². The van der Waals surface area contributed by atoms with E-state index in [1.807, 2.05) is 4.90 Å². The van der Waals surface area contributed by atoms with Crippen LogP contribution in [0.25, 0.3) is 0 Å². The minimum atomic E-state index is -0.382. The zero-order valence-electron chi connectivity index (χ0n) is 12.5. The number of carbonyl (C=O) groups is 1. The van der Waals surface area contributed by atoms with Crippen molar-refractivity contribution >= 4 is 11.6 Å². The minimum Gasteiger partial charge on any atom is -0.392 e. The summed E-state index contributed by atoms with van der Waals surface area (Å²) in [4.78, 5) is 16.6. The van der Waals surface area contributed by atoms with E-state index < -0.39 is 0 Å². The van der Waals surface area contributed by atoms with E-state index in [1.165, 1.54) is 11.3 Å². The Morgan fingerprint density at radius 3 is 2.67 bits per heavy atom. The molecule has 0 spiro atoms. The Hall–Kier alpha value is -1.59. The van der Waals surface area contributed by atoms with Gasteiger partial charge in [0.05, 0.1) is 12.1 Å². The lowest BCUT2D eigenvalue weighted by Crippen LogP contribution is -2.53. The monoisotopic (exact) mass is 289 g/mol. The van der Waals surface area contributed by atoms with Crippen LogP contribution in [0.3, 0.4) is 0 Å². The first-order valence-corrected chi connectivity index (χ1v) is 7.65. The summed E-state index contributed by atoms with van der Waals surface area (Å²) in [6.45, 7) is 5.86. The van der Waals surface area contributed by atoms with Crippen LogP contribution in [-0.4, -0.2) is 60.8 Å². The van der Waals surface area contributed by atoms with Crippen LogP contribution in [0, 0.1) is 6.92 Å². The van der Waals surface area contributed by atoms with Crippen LogP contribution in [0.2, 0.25) is 0 Å². The molecule has 2 aliphatic heterocycles. The molecular formula is C16H23N3O2. The number of nitrogens with one attached hydrogen (secondary N) is 1.